The number of rotatable bonds is 3. The largest absolute Gasteiger partial charge is 0.352 e. The fourth-order valence-electron chi connectivity index (χ4n) is 2.83. The van der Waals surface area contributed by atoms with Crippen molar-refractivity contribution >= 4 is 5.91 Å². The van der Waals surface area contributed by atoms with E-state index in [4.69, 9.17) is 4.52 Å². The quantitative estimate of drug-likeness (QED) is 0.733. The van der Waals surface area contributed by atoms with Gasteiger partial charge in [0.2, 0.25) is 5.89 Å². The minimum Gasteiger partial charge on any atom is -0.352 e. The summed E-state index contributed by atoms with van der Waals surface area (Å²) in [5.41, 5.74) is 0. The number of aromatic nitrogens is 2. The summed E-state index contributed by atoms with van der Waals surface area (Å²) in [6.45, 7) is 3.83. The van der Waals surface area contributed by atoms with E-state index in [2.05, 4.69) is 25.7 Å². The fourth-order valence-corrected chi connectivity index (χ4v) is 2.83. The zero-order valence-electron chi connectivity index (χ0n) is 10.3. The molecule has 0 bridgehead atoms. The first-order valence-electron chi connectivity index (χ1n) is 6.27. The zero-order valence-corrected chi connectivity index (χ0v) is 10.3. The normalized spacial score (nSPS) is 27.4. The average molecular weight is 251 g/mol. The molecule has 2 fully saturated rings. The van der Waals surface area contributed by atoms with Gasteiger partial charge in [0, 0.05) is 19.6 Å². The lowest BCUT2D eigenvalue weighted by Crippen LogP contribution is -2.33. The van der Waals surface area contributed by atoms with E-state index in [9.17, 15) is 4.79 Å². The molecule has 2 saturated heterocycles. The van der Waals surface area contributed by atoms with E-state index in [1.54, 1.807) is 7.05 Å². The second-order valence-electron chi connectivity index (χ2n) is 4.84. The Morgan fingerprint density at radius 2 is 2.50 bits per heavy atom. The number of amides is 1. The SMILES string of the molecule is CNC(=O)c1noc(CN2CC[C@H]3CNC[C@H]32)n1. The van der Waals surface area contributed by atoms with Crippen LogP contribution in [0.25, 0.3) is 0 Å². The van der Waals surface area contributed by atoms with Crippen LogP contribution >= 0.6 is 0 Å². The Morgan fingerprint density at radius 1 is 1.61 bits per heavy atom. The van der Waals surface area contributed by atoms with Crippen LogP contribution in [0.1, 0.15) is 22.9 Å². The number of likely N-dealkylation sites (tertiary alicyclic amines) is 1. The van der Waals surface area contributed by atoms with Crippen molar-refractivity contribution in [2.75, 3.05) is 26.7 Å². The van der Waals surface area contributed by atoms with Crippen molar-refractivity contribution in [1.29, 1.82) is 0 Å². The van der Waals surface area contributed by atoms with Gasteiger partial charge in [-0.05, 0) is 25.4 Å². The first-order valence-corrected chi connectivity index (χ1v) is 6.27. The Hall–Kier alpha value is -1.47. The van der Waals surface area contributed by atoms with Crippen molar-refractivity contribution in [2.45, 2.75) is 19.0 Å². The molecular formula is C11H17N5O2. The molecule has 1 aromatic rings. The third-order valence-electron chi connectivity index (χ3n) is 3.80. The molecule has 1 aromatic heterocycles. The summed E-state index contributed by atoms with van der Waals surface area (Å²) < 4.78 is 5.11. The van der Waals surface area contributed by atoms with Crippen molar-refractivity contribution in [2.24, 2.45) is 5.92 Å². The second kappa shape index (κ2) is 4.66. The van der Waals surface area contributed by atoms with Crippen molar-refractivity contribution in [3.63, 3.8) is 0 Å². The lowest BCUT2D eigenvalue weighted by Gasteiger charge is -2.20. The van der Waals surface area contributed by atoms with Crippen LogP contribution in [0.4, 0.5) is 0 Å². The number of hydrogen-bond acceptors (Lipinski definition) is 6. The Balaban J connectivity index is 1.66. The Kier molecular flexibility index (Phi) is 3.00. The Labute approximate surface area is 105 Å². The smallest absolute Gasteiger partial charge is 0.292 e. The van der Waals surface area contributed by atoms with Crippen LogP contribution in [0.15, 0.2) is 4.52 Å². The van der Waals surface area contributed by atoms with E-state index in [1.165, 1.54) is 6.42 Å². The highest BCUT2D eigenvalue weighted by Gasteiger charge is 2.37. The first-order chi connectivity index (χ1) is 8.78. The van der Waals surface area contributed by atoms with Gasteiger partial charge >= 0.3 is 0 Å². The molecule has 0 spiro atoms. The predicted octanol–water partition coefficient (Wildman–Crippen LogP) is -0.777. The molecule has 7 nitrogen and oxygen atoms in total. The maximum absolute atomic E-state index is 11.3. The third-order valence-corrected chi connectivity index (χ3v) is 3.80. The molecule has 2 atom stereocenters. The number of carbonyl (C=O) groups excluding carboxylic acids is 1. The average Bonchev–Trinajstić information content (AvgIpc) is 3.06. The van der Waals surface area contributed by atoms with Crippen molar-refractivity contribution in [1.82, 2.24) is 25.7 Å². The minimum atomic E-state index is -0.313. The number of hydrogen-bond donors (Lipinski definition) is 2. The summed E-state index contributed by atoms with van der Waals surface area (Å²) in [4.78, 5) is 17.8. The zero-order chi connectivity index (χ0) is 12.5. The van der Waals surface area contributed by atoms with Crippen molar-refractivity contribution in [3.8, 4) is 0 Å². The predicted molar refractivity (Wildman–Crippen MR) is 62.9 cm³/mol. The standard InChI is InChI=1S/C11H17N5O2/c1-12-11(17)10-14-9(18-15-10)6-16-3-2-7-4-13-5-8(7)16/h7-8,13H,2-6H2,1H3,(H,12,17)/t7-,8+/m0/s1. The van der Waals surface area contributed by atoms with E-state index in [0.717, 1.165) is 25.6 Å². The molecule has 3 heterocycles. The van der Waals surface area contributed by atoms with Crippen LogP contribution < -0.4 is 10.6 Å². The highest BCUT2D eigenvalue weighted by Crippen LogP contribution is 2.28. The molecule has 2 aliphatic heterocycles. The van der Waals surface area contributed by atoms with E-state index in [1.807, 2.05) is 0 Å². The molecular weight excluding hydrogens is 234 g/mol. The molecule has 2 N–H and O–H groups in total. The lowest BCUT2D eigenvalue weighted by atomic mass is 10.1. The number of carbonyl (C=O) groups is 1. The maximum atomic E-state index is 11.3. The highest BCUT2D eigenvalue weighted by atomic mass is 16.5. The Morgan fingerprint density at radius 3 is 3.33 bits per heavy atom. The van der Waals surface area contributed by atoms with Gasteiger partial charge in [0.15, 0.2) is 0 Å². The van der Waals surface area contributed by atoms with Gasteiger partial charge in [0.05, 0.1) is 6.54 Å². The topological polar surface area (TPSA) is 83.3 Å². The van der Waals surface area contributed by atoms with E-state index in [0.29, 0.717) is 18.5 Å². The van der Waals surface area contributed by atoms with Crippen LogP contribution in [0.5, 0.6) is 0 Å². The molecule has 0 aliphatic carbocycles. The first kappa shape index (κ1) is 11.6. The summed E-state index contributed by atoms with van der Waals surface area (Å²) in [6.07, 6.45) is 1.22. The molecule has 0 aromatic carbocycles. The van der Waals surface area contributed by atoms with Gasteiger partial charge in [0.25, 0.3) is 11.7 Å². The van der Waals surface area contributed by atoms with Crippen LogP contribution in [-0.4, -0.2) is 53.7 Å². The molecule has 7 heteroatoms. The van der Waals surface area contributed by atoms with Gasteiger partial charge in [0.1, 0.15) is 0 Å². The number of nitrogens with zero attached hydrogens (tertiary/aromatic N) is 3. The molecule has 0 radical (unpaired) electrons. The van der Waals surface area contributed by atoms with Crippen LogP contribution in [-0.2, 0) is 6.54 Å². The molecule has 1 amide bonds. The van der Waals surface area contributed by atoms with Crippen molar-refractivity contribution in [3.05, 3.63) is 11.7 Å². The summed E-state index contributed by atoms with van der Waals surface area (Å²) in [6, 6.07) is 0.570. The summed E-state index contributed by atoms with van der Waals surface area (Å²) in [7, 11) is 1.55. The van der Waals surface area contributed by atoms with Gasteiger partial charge in [-0.1, -0.05) is 5.16 Å². The molecule has 3 rings (SSSR count). The van der Waals surface area contributed by atoms with Crippen LogP contribution in [0.2, 0.25) is 0 Å². The van der Waals surface area contributed by atoms with Gasteiger partial charge in [-0.15, -0.1) is 0 Å². The Bertz CT molecular complexity index is 446. The summed E-state index contributed by atoms with van der Waals surface area (Å²) in [5, 5.41) is 9.55. The van der Waals surface area contributed by atoms with E-state index >= 15 is 0 Å². The third kappa shape index (κ3) is 1.99. The monoisotopic (exact) mass is 251 g/mol. The van der Waals surface area contributed by atoms with E-state index in [-0.39, 0.29) is 11.7 Å². The van der Waals surface area contributed by atoms with Gasteiger partial charge < -0.3 is 15.2 Å². The van der Waals surface area contributed by atoms with Gasteiger partial charge in [-0.3, -0.25) is 9.69 Å². The van der Waals surface area contributed by atoms with Crippen LogP contribution in [0, 0.1) is 5.92 Å². The fraction of sp³-hybridized carbons (Fsp3) is 0.727. The van der Waals surface area contributed by atoms with Gasteiger partial charge in [-0.2, -0.15) is 4.98 Å². The van der Waals surface area contributed by atoms with Crippen molar-refractivity contribution < 1.29 is 9.32 Å². The van der Waals surface area contributed by atoms with E-state index < -0.39 is 0 Å². The molecule has 18 heavy (non-hydrogen) atoms. The molecule has 98 valence electrons. The summed E-state index contributed by atoms with van der Waals surface area (Å²) >= 11 is 0. The number of nitrogens with one attached hydrogen (secondary N) is 2. The molecule has 0 unspecified atom stereocenters. The summed E-state index contributed by atoms with van der Waals surface area (Å²) in [5.74, 6) is 1.05. The van der Waals surface area contributed by atoms with Gasteiger partial charge in [-0.25, -0.2) is 0 Å². The highest BCUT2D eigenvalue weighted by molar-refractivity contribution is 5.89. The maximum Gasteiger partial charge on any atom is 0.292 e. The lowest BCUT2D eigenvalue weighted by molar-refractivity contribution is 0.0950. The second-order valence-corrected chi connectivity index (χ2v) is 4.84. The molecule has 2 aliphatic rings. The molecule has 0 saturated carbocycles. The van der Waals surface area contributed by atoms with Crippen LogP contribution in [0.3, 0.4) is 0 Å². The minimum absolute atomic E-state index is 0.104. The number of fused-ring (bicyclic) bond motifs is 1.